The van der Waals surface area contributed by atoms with Crippen LogP contribution in [0.15, 0.2) is 58.6 Å². The van der Waals surface area contributed by atoms with Gasteiger partial charge in [-0.05, 0) is 66.9 Å². The van der Waals surface area contributed by atoms with Crippen molar-refractivity contribution >= 4 is 80.3 Å². The predicted molar refractivity (Wildman–Crippen MR) is 274 cm³/mol. The molecule has 0 bridgehead atoms. The molecule has 1 aliphatic heterocycles. The Balaban J connectivity index is 1.36. The second kappa shape index (κ2) is 30.7. The van der Waals surface area contributed by atoms with Crippen LogP contribution in [0.3, 0.4) is 0 Å². The number of rotatable bonds is 30. The number of nitrogens with two attached hydrogens (primary N) is 2. The van der Waals surface area contributed by atoms with E-state index in [2.05, 4.69) is 46.1 Å². The van der Waals surface area contributed by atoms with Gasteiger partial charge >= 0.3 is 41.1 Å². The number of nitrogens with one attached hydrogen (secondary N) is 2. The van der Waals surface area contributed by atoms with E-state index in [1.807, 2.05) is 13.2 Å². The molecule has 416 valence electrons. The Kier molecular flexibility index (Phi) is 25.6. The smallest absolute Gasteiger partial charge is 0.462 e. The average Bonchev–Trinajstić information content (AvgIpc) is 3.74. The Bertz CT molecular complexity index is 2850. The van der Waals surface area contributed by atoms with Crippen LogP contribution in [0.1, 0.15) is 94.5 Å². The van der Waals surface area contributed by atoms with Gasteiger partial charge in [-0.25, -0.2) is 28.1 Å². The summed E-state index contributed by atoms with van der Waals surface area (Å²) in [6, 6.07) is 9.92. The maximum atomic E-state index is 13.6. The van der Waals surface area contributed by atoms with Crippen LogP contribution in [0.4, 0.5) is 11.5 Å². The molecule has 4 rings (SSSR count). The molecule has 0 aliphatic carbocycles. The summed E-state index contributed by atoms with van der Waals surface area (Å²) in [5.74, 6) is 2.70. The molecule has 76 heavy (non-hydrogen) atoms. The Morgan fingerprint density at radius 1 is 0.974 bits per heavy atom. The summed E-state index contributed by atoms with van der Waals surface area (Å²) < 4.78 is 76.4. The molecule has 2 aromatic carbocycles. The minimum atomic E-state index is -5.92. The van der Waals surface area contributed by atoms with E-state index in [-0.39, 0.29) is 78.8 Å². The number of anilines is 2. The lowest BCUT2D eigenvalue weighted by Gasteiger charge is -2.21. The number of carbonyl (C=O) groups is 4. The third-order valence-corrected chi connectivity index (χ3v) is 16.1. The maximum Gasteiger partial charge on any atom is 0.490 e. The second-order valence-corrected chi connectivity index (χ2v) is 23.0. The molecule has 3 aromatic rings. The number of hydrogen-bond acceptors (Lipinski definition) is 22. The van der Waals surface area contributed by atoms with Gasteiger partial charge in [-0.3, -0.25) is 18.7 Å². The topological polar surface area (TPSA) is 434 Å². The third-order valence-electron chi connectivity index (χ3n) is 10.1. The number of phosphoric acid groups is 3. The van der Waals surface area contributed by atoms with Gasteiger partial charge in [0, 0.05) is 41.4 Å². The number of nitrogens with zero attached hydrogens (tertiary/aromatic N) is 5. The quantitative estimate of drug-likeness (QED) is 0.00663. The standard InChI is InChI=1S/C42H56N9O20P3S2/c1-26(49-50-45)30-10-4-5-11-31(30)41(55)69-34-22-38(68-35(34)24-67-73(60,61)71-74(62,63)70-72(57,58)59)51-23-28(39(44)48-42(51)56)9-8-16-46-36(52)12-6-7-17-66-40(54)32-14-13-29(21-33(32)27(2)76-75-3)47-37(53)25-65-20-19-64-18-15-43/h4-5,10-11,13-14,21,23,26-27,34-35,38H,6-7,12,15-20,22,24-25,43H2,1-3H3,(H,46,52)(H,47,53)(H,60,61)(H,62,63)(H2,44,48,56)(H2,57,58,59)/t26?,27?,34?,35-,38-/m1/s1. The van der Waals surface area contributed by atoms with Crippen molar-refractivity contribution in [2.75, 3.05) is 70.0 Å². The van der Waals surface area contributed by atoms with Crippen molar-refractivity contribution in [1.82, 2.24) is 14.9 Å². The first-order valence-electron chi connectivity index (χ1n) is 22.5. The van der Waals surface area contributed by atoms with Crippen molar-refractivity contribution < 1.29 is 89.3 Å². The second-order valence-electron chi connectivity index (χ2n) is 15.8. The van der Waals surface area contributed by atoms with Crippen molar-refractivity contribution in [1.29, 1.82) is 0 Å². The lowest BCUT2D eigenvalue weighted by molar-refractivity contribution is -0.121. The van der Waals surface area contributed by atoms with E-state index in [1.165, 1.54) is 46.7 Å². The van der Waals surface area contributed by atoms with Crippen LogP contribution in [0.25, 0.3) is 10.4 Å². The van der Waals surface area contributed by atoms with Crippen LogP contribution < -0.4 is 27.8 Å². The molecule has 1 aliphatic rings. The number of carbonyl (C=O) groups excluding carboxylic acids is 4. The highest BCUT2D eigenvalue weighted by atomic mass is 33.1. The van der Waals surface area contributed by atoms with Crippen molar-refractivity contribution in [3.05, 3.63) is 97.4 Å². The van der Waals surface area contributed by atoms with E-state index in [0.717, 1.165) is 10.8 Å². The van der Waals surface area contributed by atoms with Crippen LogP contribution in [0.5, 0.6) is 0 Å². The fourth-order valence-corrected chi connectivity index (χ4v) is 11.6. The summed E-state index contributed by atoms with van der Waals surface area (Å²) in [5, 5.41) is 8.83. The van der Waals surface area contributed by atoms with Gasteiger partial charge in [0.1, 0.15) is 30.9 Å². The number of unbranched alkanes of at least 4 members (excludes halogenated alkanes) is 1. The average molecular weight is 1160 g/mol. The molecule has 1 aromatic heterocycles. The van der Waals surface area contributed by atoms with Gasteiger partial charge in [0.15, 0.2) is 0 Å². The zero-order valence-corrected chi connectivity index (χ0v) is 45.2. The highest BCUT2D eigenvalue weighted by Gasteiger charge is 2.45. The van der Waals surface area contributed by atoms with Crippen molar-refractivity contribution in [3.63, 3.8) is 0 Å². The first-order valence-corrected chi connectivity index (χ1v) is 29.7. The molecule has 0 spiro atoms. The lowest BCUT2D eigenvalue weighted by atomic mass is 10.0. The van der Waals surface area contributed by atoms with E-state index in [1.54, 1.807) is 24.3 Å². The Morgan fingerprint density at radius 3 is 2.41 bits per heavy atom. The zero-order valence-electron chi connectivity index (χ0n) is 40.9. The zero-order chi connectivity index (χ0) is 56.1. The fourth-order valence-electron chi connectivity index (χ4n) is 6.81. The summed E-state index contributed by atoms with van der Waals surface area (Å²) in [6.07, 6.45) is -1.01. The van der Waals surface area contributed by atoms with E-state index in [9.17, 15) is 47.5 Å². The van der Waals surface area contributed by atoms with Crippen molar-refractivity contribution in [2.24, 2.45) is 10.8 Å². The molecule has 1 saturated heterocycles. The monoisotopic (exact) mass is 1160 g/mol. The molecule has 29 nitrogen and oxygen atoms in total. The van der Waals surface area contributed by atoms with Gasteiger partial charge in [-0.2, -0.15) is 13.6 Å². The number of benzene rings is 2. The van der Waals surface area contributed by atoms with E-state index >= 15 is 0 Å². The van der Waals surface area contributed by atoms with E-state index in [0.29, 0.717) is 49.4 Å². The summed E-state index contributed by atoms with van der Waals surface area (Å²) in [6.45, 7) is 3.25. The predicted octanol–water partition coefficient (Wildman–Crippen LogP) is 4.55. The normalized spacial score (nSPS) is 17.6. The number of aromatic nitrogens is 2. The van der Waals surface area contributed by atoms with E-state index in [4.69, 9.17) is 55.0 Å². The van der Waals surface area contributed by atoms with Gasteiger partial charge in [-0.15, -0.1) is 0 Å². The maximum absolute atomic E-state index is 13.6. The molecular weight excluding hydrogens is 1110 g/mol. The van der Waals surface area contributed by atoms with Gasteiger partial charge < -0.3 is 65.4 Å². The molecular formula is C42H56N9O20P3S2. The molecule has 34 heteroatoms. The van der Waals surface area contributed by atoms with Gasteiger partial charge in [0.25, 0.3) is 0 Å². The number of esters is 2. The summed E-state index contributed by atoms with van der Waals surface area (Å²) in [4.78, 5) is 109. The largest absolute Gasteiger partial charge is 0.490 e. The first kappa shape index (κ1) is 63.4. The fraction of sp³-hybridized carbons (Fsp3) is 0.476. The molecule has 2 amide bonds. The Labute approximate surface area is 442 Å². The SMILES string of the molecule is CSSC(C)c1cc(NC(=O)COCCOCCN)ccc1C(=O)OCCCCC(=O)NCC#Cc1cn([C@H]2CC(OC(=O)c3ccccc3C(C)N=[N+]=[N-])[C@@H](COP(=O)(O)OP(=O)(O)OP(=O)(O)O)O2)c(=O)nc1N. The summed E-state index contributed by atoms with van der Waals surface area (Å²) in [7, 11) is -14.3. The molecule has 5 unspecified atom stereocenters. The number of hydrogen-bond donors (Lipinski definition) is 8. The minimum Gasteiger partial charge on any atom is -0.462 e. The first-order chi connectivity index (χ1) is 36.0. The molecule has 1 fully saturated rings. The Morgan fingerprint density at radius 2 is 1.70 bits per heavy atom. The van der Waals surface area contributed by atoms with Crippen LogP contribution >= 0.6 is 45.1 Å². The minimum absolute atomic E-state index is 0.0107. The van der Waals surface area contributed by atoms with Crippen molar-refractivity contribution in [3.8, 4) is 11.8 Å². The molecule has 0 saturated carbocycles. The number of amides is 2. The molecule has 0 radical (unpaired) electrons. The number of ether oxygens (including phenoxy) is 5. The highest BCUT2D eigenvalue weighted by Crippen LogP contribution is 2.66. The number of azide groups is 1. The summed E-state index contributed by atoms with van der Waals surface area (Å²) in [5.41, 5.74) is 20.9. The van der Waals surface area contributed by atoms with Crippen LogP contribution in [-0.4, -0.2) is 124 Å². The summed E-state index contributed by atoms with van der Waals surface area (Å²) >= 11 is 0. The van der Waals surface area contributed by atoms with Gasteiger partial charge in [-0.1, -0.05) is 63.7 Å². The van der Waals surface area contributed by atoms with Crippen LogP contribution in [0.2, 0.25) is 0 Å². The van der Waals surface area contributed by atoms with Gasteiger partial charge in [0.2, 0.25) is 11.8 Å². The van der Waals surface area contributed by atoms with Gasteiger partial charge in [0.05, 0.1) is 62.3 Å². The van der Waals surface area contributed by atoms with Crippen LogP contribution in [0, 0.1) is 11.8 Å². The number of nitrogen functional groups attached to an aromatic ring is 1. The van der Waals surface area contributed by atoms with Crippen molar-refractivity contribution in [2.45, 2.75) is 69.3 Å². The molecule has 2 heterocycles. The number of phosphoric ester groups is 1. The van der Waals surface area contributed by atoms with Crippen LogP contribution in [-0.2, 0) is 60.1 Å². The highest BCUT2D eigenvalue weighted by molar-refractivity contribution is 8.76. The third kappa shape index (κ3) is 21.3. The lowest BCUT2D eigenvalue weighted by Crippen LogP contribution is -2.31. The van der Waals surface area contributed by atoms with E-state index < -0.39 is 72.2 Å². The molecule has 7 atom stereocenters. The Hall–Kier alpha value is -5.18. The molecule has 10 N–H and O–H groups in total.